The number of carbonyl (C=O) groups is 1. The summed E-state index contributed by atoms with van der Waals surface area (Å²) in [6, 6.07) is 0. The van der Waals surface area contributed by atoms with Crippen LogP contribution in [0.5, 0.6) is 0 Å². The molecule has 2 nitrogen and oxygen atoms in total. The first kappa shape index (κ1) is 35.5. The molecule has 0 N–H and O–H groups in total. The summed E-state index contributed by atoms with van der Waals surface area (Å²) in [6.45, 7) is 9.66. The van der Waals surface area contributed by atoms with Crippen LogP contribution in [0.15, 0.2) is 0 Å². The number of hydrogen-bond acceptors (Lipinski definition) is 2. The van der Waals surface area contributed by atoms with Crippen LogP contribution in [0, 0.1) is 5.41 Å². The molecular weight excluding hydrogens is 440 g/mol. The van der Waals surface area contributed by atoms with E-state index in [2.05, 4.69) is 27.7 Å². The van der Waals surface area contributed by atoms with E-state index in [4.69, 9.17) is 4.74 Å². The molecule has 0 bridgehead atoms. The molecule has 0 aliphatic carbocycles. The second-order valence-corrected chi connectivity index (χ2v) is 12.0. The standard InChI is InChI=1S/C34H68O2/c1-5-8-11-14-17-18-19-20-23-26-29-32-36-33(35)34(4,30-27-24-21-15-12-9-6-2)31-28-25-22-16-13-10-7-3/h5-32H2,1-4H3. The Hall–Kier alpha value is -0.530. The van der Waals surface area contributed by atoms with E-state index in [-0.39, 0.29) is 11.4 Å². The number of ether oxygens (including phenoxy) is 1. The van der Waals surface area contributed by atoms with E-state index in [1.807, 2.05) is 0 Å². The van der Waals surface area contributed by atoms with Gasteiger partial charge in [-0.15, -0.1) is 0 Å². The Labute approximate surface area is 228 Å². The van der Waals surface area contributed by atoms with Gasteiger partial charge >= 0.3 is 5.97 Å². The third-order valence-corrected chi connectivity index (χ3v) is 8.14. The van der Waals surface area contributed by atoms with Gasteiger partial charge in [-0.05, 0) is 26.2 Å². The Morgan fingerprint density at radius 3 is 1.06 bits per heavy atom. The van der Waals surface area contributed by atoms with Crippen LogP contribution in [0.2, 0.25) is 0 Å². The monoisotopic (exact) mass is 509 g/mol. The van der Waals surface area contributed by atoms with Crippen molar-refractivity contribution in [1.29, 1.82) is 0 Å². The lowest BCUT2D eigenvalue weighted by molar-refractivity contribution is -0.156. The molecule has 0 aromatic carbocycles. The van der Waals surface area contributed by atoms with Gasteiger partial charge < -0.3 is 4.74 Å². The van der Waals surface area contributed by atoms with E-state index in [0.717, 1.165) is 19.3 Å². The molecule has 0 aliphatic rings. The SMILES string of the molecule is CCCCCCCCCCCCCOC(=O)C(C)(CCCCCCCCC)CCCCCCCCC. The fraction of sp³-hybridized carbons (Fsp3) is 0.971. The fourth-order valence-corrected chi connectivity index (χ4v) is 5.38. The zero-order chi connectivity index (χ0) is 26.6. The lowest BCUT2D eigenvalue weighted by atomic mass is 9.79. The first-order valence-corrected chi connectivity index (χ1v) is 16.8. The van der Waals surface area contributed by atoms with E-state index in [9.17, 15) is 4.79 Å². The Kier molecular flexibility index (Phi) is 27.1. The molecule has 0 unspecified atom stereocenters. The summed E-state index contributed by atoms with van der Waals surface area (Å²) in [5.74, 6) is 0.0894. The van der Waals surface area contributed by atoms with Crippen molar-refractivity contribution in [1.82, 2.24) is 0 Å². The summed E-state index contributed by atoms with van der Waals surface area (Å²) in [6.07, 6.45) is 34.9. The van der Waals surface area contributed by atoms with Gasteiger partial charge in [-0.2, -0.15) is 0 Å². The van der Waals surface area contributed by atoms with Gasteiger partial charge in [-0.25, -0.2) is 0 Å². The number of carbonyl (C=O) groups excluding carboxylic acids is 1. The molecule has 0 aliphatic heterocycles. The summed E-state index contributed by atoms with van der Waals surface area (Å²) in [7, 11) is 0. The van der Waals surface area contributed by atoms with E-state index in [1.54, 1.807) is 0 Å². The van der Waals surface area contributed by atoms with Crippen molar-refractivity contribution in [3.05, 3.63) is 0 Å². The summed E-state index contributed by atoms with van der Waals surface area (Å²) >= 11 is 0. The van der Waals surface area contributed by atoms with E-state index in [0.29, 0.717) is 6.61 Å². The minimum absolute atomic E-state index is 0.0894. The number of rotatable bonds is 29. The average Bonchev–Trinajstić information content (AvgIpc) is 2.88. The van der Waals surface area contributed by atoms with Gasteiger partial charge in [0.05, 0.1) is 12.0 Å². The van der Waals surface area contributed by atoms with Crippen LogP contribution in [-0.2, 0) is 9.53 Å². The predicted molar refractivity (Wildman–Crippen MR) is 161 cm³/mol. The maximum Gasteiger partial charge on any atom is 0.311 e. The number of esters is 1. The highest BCUT2D eigenvalue weighted by atomic mass is 16.5. The van der Waals surface area contributed by atoms with Crippen molar-refractivity contribution in [2.45, 2.75) is 201 Å². The molecule has 0 aromatic heterocycles. The van der Waals surface area contributed by atoms with Crippen molar-refractivity contribution in [3.63, 3.8) is 0 Å². The molecule has 2 heteroatoms. The van der Waals surface area contributed by atoms with Gasteiger partial charge in [0.25, 0.3) is 0 Å². The lowest BCUT2D eigenvalue weighted by Crippen LogP contribution is -2.30. The molecule has 0 fully saturated rings. The Morgan fingerprint density at radius 1 is 0.444 bits per heavy atom. The molecule has 0 heterocycles. The molecule has 0 amide bonds. The zero-order valence-electron chi connectivity index (χ0n) is 25.6. The summed E-state index contributed by atoms with van der Waals surface area (Å²) in [5, 5.41) is 0. The van der Waals surface area contributed by atoms with Gasteiger partial charge in [0.15, 0.2) is 0 Å². The van der Waals surface area contributed by atoms with Crippen molar-refractivity contribution in [2.24, 2.45) is 5.41 Å². The second-order valence-electron chi connectivity index (χ2n) is 12.0. The second kappa shape index (κ2) is 27.5. The van der Waals surface area contributed by atoms with Crippen molar-refractivity contribution >= 4 is 5.97 Å². The molecule has 36 heavy (non-hydrogen) atoms. The largest absolute Gasteiger partial charge is 0.465 e. The van der Waals surface area contributed by atoms with Crippen LogP contribution in [0.4, 0.5) is 0 Å². The Bertz CT molecular complexity index is 426. The van der Waals surface area contributed by atoms with Crippen molar-refractivity contribution < 1.29 is 9.53 Å². The van der Waals surface area contributed by atoms with E-state index in [1.165, 1.54) is 154 Å². The number of hydrogen-bond donors (Lipinski definition) is 0. The van der Waals surface area contributed by atoms with Crippen LogP contribution < -0.4 is 0 Å². The predicted octanol–water partition coefficient (Wildman–Crippen LogP) is 12.1. The smallest absolute Gasteiger partial charge is 0.311 e. The van der Waals surface area contributed by atoms with Crippen LogP contribution in [0.1, 0.15) is 201 Å². The van der Waals surface area contributed by atoms with Crippen molar-refractivity contribution in [3.8, 4) is 0 Å². The van der Waals surface area contributed by atoms with Crippen molar-refractivity contribution in [2.75, 3.05) is 6.61 Å². The maximum atomic E-state index is 13.1. The Balaban J connectivity index is 4.14. The van der Waals surface area contributed by atoms with Gasteiger partial charge in [0.1, 0.15) is 0 Å². The quantitative estimate of drug-likeness (QED) is 0.0741. The molecule has 0 rings (SSSR count). The first-order chi connectivity index (χ1) is 17.6. The normalized spacial score (nSPS) is 11.8. The third-order valence-electron chi connectivity index (χ3n) is 8.14. The zero-order valence-corrected chi connectivity index (χ0v) is 25.6. The average molecular weight is 509 g/mol. The molecule has 0 saturated carbocycles. The van der Waals surface area contributed by atoms with Crippen LogP contribution in [0.3, 0.4) is 0 Å². The van der Waals surface area contributed by atoms with Gasteiger partial charge in [-0.3, -0.25) is 4.79 Å². The van der Waals surface area contributed by atoms with E-state index >= 15 is 0 Å². The van der Waals surface area contributed by atoms with E-state index < -0.39 is 0 Å². The highest BCUT2D eigenvalue weighted by molar-refractivity contribution is 5.76. The maximum absolute atomic E-state index is 13.1. The molecule has 0 saturated heterocycles. The van der Waals surface area contributed by atoms with Crippen LogP contribution >= 0.6 is 0 Å². The minimum Gasteiger partial charge on any atom is -0.465 e. The highest BCUT2D eigenvalue weighted by Gasteiger charge is 2.33. The third kappa shape index (κ3) is 22.7. The topological polar surface area (TPSA) is 26.3 Å². The molecule has 0 aromatic rings. The molecule has 0 radical (unpaired) electrons. The van der Waals surface area contributed by atoms with Crippen LogP contribution in [-0.4, -0.2) is 12.6 Å². The lowest BCUT2D eigenvalue weighted by Gasteiger charge is -2.27. The fourth-order valence-electron chi connectivity index (χ4n) is 5.38. The molecular formula is C34H68O2. The van der Waals surface area contributed by atoms with Crippen LogP contribution in [0.25, 0.3) is 0 Å². The van der Waals surface area contributed by atoms with Gasteiger partial charge in [0.2, 0.25) is 0 Å². The highest BCUT2D eigenvalue weighted by Crippen LogP contribution is 2.33. The minimum atomic E-state index is -0.273. The molecule has 216 valence electrons. The number of unbranched alkanes of at least 4 members (excludes halogenated alkanes) is 22. The van der Waals surface area contributed by atoms with Gasteiger partial charge in [-0.1, -0.05) is 175 Å². The Morgan fingerprint density at radius 2 is 0.722 bits per heavy atom. The summed E-state index contributed by atoms with van der Waals surface area (Å²) < 4.78 is 5.87. The van der Waals surface area contributed by atoms with Gasteiger partial charge in [0, 0.05) is 0 Å². The summed E-state index contributed by atoms with van der Waals surface area (Å²) in [4.78, 5) is 13.1. The molecule has 0 atom stereocenters. The molecule has 0 spiro atoms. The first-order valence-electron chi connectivity index (χ1n) is 16.8. The summed E-state index contributed by atoms with van der Waals surface area (Å²) in [5.41, 5.74) is -0.273.